The molecule has 342 valence electrons. The summed E-state index contributed by atoms with van der Waals surface area (Å²) in [6.07, 6.45) is 9.19. The van der Waals surface area contributed by atoms with Crippen LogP contribution in [0.1, 0.15) is 68.3 Å². The smallest absolute Gasteiger partial charge is 0.293 e. The second-order valence-electron chi connectivity index (χ2n) is 18.4. The molecule has 0 saturated carbocycles. The topological polar surface area (TPSA) is 175 Å². The SMILES string of the molecule is CC1(C)CCC(CN2CCN(c3ccc(C(=O)NS(=O)(=O)c4ccc(N[C@@H]5CCN(C6CCOCC6)C5)c([N+](=O)[O-])c4)c(Oc4cnc5[nH]ccc5c4)c3)CC2)=C(c2ccc(Cl)cc2)C1. The number of hydrogen-bond donors (Lipinski definition) is 3. The number of nitrogens with zero attached hydrogens (tertiary/aromatic N) is 5. The van der Waals surface area contributed by atoms with Crippen LogP contribution in [0.25, 0.3) is 16.6 Å². The third-order valence-electron chi connectivity index (χ3n) is 13.3. The van der Waals surface area contributed by atoms with Crippen LogP contribution in [0.4, 0.5) is 17.1 Å². The maximum Gasteiger partial charge on any atom is 0.293 e. The van der Waals surface area contributed by atoms with Gasteiger partial charge >= 0.3 is 0 Å². The molecule has 1 amide bonds. The summed E-state index contributed by atoms with van der Waals surface area (Å²) in [4.78, 5) is 39.9. The lowest BCUT2D eigenvalue weighted by Gasteiger charge is -2.39. The molecule has 5 aromatic rings. The summed E-state index contributed by atoms with van der Waals surface area (Å²) in [5.74, 6) is -0.460. The van der Waals surface area contributed by atoms with Crippen molar-refractivity contribution < 1.29 is 27.6 Å². The first-order valence-electron chi connectivity index (χ1n) is 22.4. The number of halogens is 1. The predicted molar refractivity (Wildman–Crippen MR) is 252 cm³/mol. The highest BCUT2D eigenvalue weighted by atomic mass is 35.5. The van der Waals surface area contributed by atoms with Crippen LogP contribution in [-0.4, -0.2) is 110 Å². The van der Waals surface area contributed by atoms with Crippen LogP contribution < -0.4 is 19.7 Å². The van der Waals surface area contributed by atoms with E-state index in [0.717, 1.165) is 120 Å². The number of hydrogen-bond acceptors (Lipinski definition) is 12. The van der Waals surface area contributed by atoms with Gasteiger partial charge in [0, 0.05) is 106 Å². The maximum atomic E-state index is 14.0. The molecule has 9 rings (SSSR count). The van der Waals surface area contributed by atoms with E-state index in [0.29, 0.717) is 17.4 Å². The zero-order chi connectivity index (χ0) is 45.3. The van der Waals surface area contributed by atoms with E-state index in [1.165, 1.54) is 35.0 Å². The minimum Gasteiger partial charge on any atom is -0.455 e. The highest BCUT2D eigenvalue weighted by molar-refractivity contribution is 7.90. The van der Waals surface area contributed by atoms with E-state index in [-0.39, 0.29) is 28.5 Å². The third kappa shape index (κ3) is 10.3. The molecule has 2 aromatic heterocycles. The molecule has 1 atom stereocenters. The number of allylic oxidation sites excluding steroid dienone is 1. The van der Waals surface area contributed by atoms with Gasteiger partial charge in [-0.15, -0.1) is 0 Å². The van der Waals surface area contributed by atoms with Crippen LogP contribution >= 0.6 is 11.6 Å². The average molecular weight is 924 g/mol. The van der Waals surface area contributed by atoms with Gasteiger partial charge in [0.25, 0.3) is 21.6 Å². The first-order valence-corrected chi connectivity index (χ1v) is 24.3. The van der Waals surface area contributed by atoms with Crippen LogP contribution in [0.2, 0.25) is 5.02 Å². The first kappa shape index (κ1) is 44.7. The van der Waals surface area contributed by atoms with E-state index in [1.807, 2.05) is 18.2 Å². The number of sulfonamides is 1. The number of aromatic nitrogens is 2. The number of nitro benzene ring substituents is 1. The minimum atomic E-state index is -4.57. The molecule has 17 heteroatoms. The van der Waals surface area contributed by atoms with Gasteiger partial charge in [-0.2, -0.15) is 0 Å². The van der Waals surface area contributed by atoms with Gasteiger partial charge in [0.15, 0.2) is 0 Å². The Morgan fingerprint density at radius 1 is 1.00 bits per heavy atom. The fourth-order valence-electron chi connectivity index (χ4n) is 9.67. The molecule has 0 radical (unpaired) electrons. The van der Waals surface area contributed by atoms with Crippen LogP contribution in [0.5, 0.6) is 11.5 Å². The number of fused-ring (bicyclic) bond motifs is 1. The molecule has 15 nitrogen and oxygen atoms in total. The Morgan fingerprint density at radius 2 is 1.78 bits per heavy atom. The molecule has 0 unspecified atom stereocenters. The van der Waals surface area contributed by atoms with E-state index in [4.69, 9.17) is 21.1 Å². The lowest BCUT2D eigenvalue weighted by atomic mass is 9.72. The fraction of sp³-hybridized carbons (Fsp3) is 0.417. The summed E-state index contributed by atoms with van der Waals surface area (Å²) in [5, 5.41) is 17.1. The highest BCUT2D eigenvalue weighted by Gasteiger charge is 2.33. The average Bonchev–Trinajstić information content (AvgIpc) is 3.97. The fourth-order valence-corrected chi connectivity index (χ4v) is 10.8. The number of nitrogens with one attached hydrogen (secondary N) is 3. The Morgan fingerprint density at radius 3 is 2.55 bits per heavy atom. The van der Waals surface area contributed by atoms with Crippen LogP contribution in [0.15, 0.2) is 95.7 Å². The maximum absolute atomic E-state index is 14.0. The van der Waals surface area contributed by atoms with Gasteiger partial charge in [0.1, 0.15) is 22.8 Å². The monoisotopic (exact) mass is 922 g/mol. The van der Waals surface area contributed by atoms with Gasteiger partial charge in [-0.1, -0.05) is 43.2 Å². The Bertz CT molecular complexity index is 2710. The number of ether oxygens (including phenoxy) is 2. The van der Waals surface area contributed by atoms with Gasteiger partial charge in [-0.25, -0.2) is 18.1 Å². The van der Waals surface area contributed by atoms with E-state index < -0.39 is 31.4 Å². The summed E-state index contributed by atoms with van der Waals surface area (Å²) in [7, 11) is -4.57. The number of anilines is 2. The van der Waals surface area contributed by atoms with Crippen LogP contribution in [0, 0.1) is 15.5 Å². The van der Waals surface area contributed by atoms with Crippen molar-refractivity contribution in [3.63, 3.8) is 0 Å². The zero-order valence-electron chi connectivity index (χ0n) is 36.7. The van der Waals surface area contributed by atoms with E-state index in [1.54, 1.807) is 30.5 Å². The molecule has 3 N–H and O–H groups in total. The molecular formula is C48H55ClN8O7S. The molecule has 0 bridgehead atoms. The number of likely N-dealkylation sites (tertiary alicyclic amines) is 1. The number of amides is 1. The van der Waals surface area contributed by atoms with Crippen molar-refractivity contribution in [3.8, 4) is 11.5 Å². The number of nitro groups is 1. The molecule has 5 heterocycles. The van der Waals surface area contributed by atoms with Gasteiger partial charge < -0.3 is 24.7 Å². The third-order valence-corrected chi connectivity index (χ3v) is 14.9. The summed E-state index contributed by atoms with van der Waals surface area (Å²) in [5.41, 5.74) is 5.60. The lowest BCUT2D eigenvalue weighted by molar-refractivity contribution is -0.384. The zero-order valence-corrected chi connectivity index (χ0v) is 38.3. The molecule has 1 aliphatic carbocycles. The Balaban J connectivity index is 0.915. The largest absolute Gasteiger partial charge is 0.455 e. The van der Waals surface area contributed by atoms with Gasteiger partial charge in [0.2, 0.25) is 0 Å². The Labute approximate surface area is 384 Å². The molecule has 3 aromatic carbocycles. The molecule has 65 heavy (non-hydrogen) atoms. The summed E-state index contributed by atoms with van der Waals surface area (Å²) in [6, 6.07) is 20.9. The molecule has 0 spiro atoms. The number of carbonyl (C=O) groups excluding carboxylic acids is 1. The van der Waals surface area contributed by atoms with Crippen LogP contribution in [0.3, 0.4) is 0 Å². The quantitative estimate of drug-likeness (QED) is 0.0760. The predicted octanol–water partition coefficient (Wildman–Crippen LogP) is 8.49. The highest BCUT2D eigenvalue weighted by Crippen LogP contribution is 2.43. The number of rotatable bonds is 13. The number of benzene rings is 3. The van der Waals surface area contributed by atoms with E-state index >= 15 is 0 Å². The molecule has 4 aliphatic rings. The summed E-state index contributed by atoms with van der Waals surface area (Å²) >= 11 is 6.25. The van der Waals surface area contributed by atoms with Crippen molar-refractivity contribution in [1.82, 2.24) is 24.5 Å². The van der Waals surface area contributed by atoms with E-state index in [9.17, 15) is 23.3 Å². The van der Waals surface area contributed by atoms with Crippen molar-refractivity contribution >= 4 is 61.2 Å². The van der Waals surface area contributed by atoms with Gasteiger partial charge in [0.05, 0.1) is 21.6 Å². The first-order chi connectivity index (χ1) is 31.3. The normalized spacial score (nSPS) is 20.0. The number of piperazine rings is 1. The van der Waals surface area contributed by atoms with Crippen molar-refractivity contribution in [2.45, 2.75) is 69.4 Å². The van der Waals surface area contributed by atoms with Gasteiger partial charge in [-0.05, 0) is 104 Å². The number of aromatic amines is 1. The number of carbonyl (C=O) groups is 1. The summed E-state index contributed by atoms with van der Waals surface area (Å²) < 4.78 is 41.6. The Kier molecular flexibility index (Phi) is 12.9. The van der Waals surface area contributed by atoms with Gasteiger partial charge in [-0.3, -0.25) is 24.7 Å². The second kappa shape index (κ2) is 18.8. The van der Waals surface area contributed by atoms with E-state index in [2.05, 4.69) is 60.7 Å². The molecule has 3 fully saturated rings. The standard InChI is InChI=1S/C48H55ClN8O7S/c1-48(2)16-11-34(42(28-48)32-3-5-35(49)6-4-32)30-54-19-21-55(22-20-54)38-7-9-41(45(26-38)64-39-25-33-12-17-50-46(33)51-29-39)47(58)53-65(61,62)40-8-10-43(44(27-40)57(59)60)52-36-13-18-56(31-36)37-14-23-63-24-15-37/h3-10,12,17,25-27,29,36-37,52H,11,13-16,18-24,28,30-31H2,1-2H3,(H,50,51)(H,53,58)/t36-/m1/s1. The number of pyridine rings is 1. The van der Waals surface area contributed by atoms with Crippen molar-refractivity contribution in [2.24, 2.45) is 5.41 Å². The second-order valence-corrected chi connectivity index (χ2v) is 20.5. The molecule has 3 aliphatic heterocycles. The lowest BCUT2D eigenvalue weighted by Crippen LogP contribution is -2.47. The summed E-state index contributed by atoms with van der Waals surface area (Å²) in [6.45, 7) is 11.7. The van der Waals surface area contributed by atoms with Crippen molar-refractivity contribution in [1.29, 1.82) is 0 Å². The van der Waals surface area contributed by atoms with Crippen LogP contribution in [-0.2, 0) is 14.8 Å². The van der Waals surface area contributed by atoms with Crippen molar-refractivity contribution in [3.05, 3.63) is 117 Å². The number of H-pyrrole nitrogens is 1. The molecular weight excluding hydrogens is 868 g/mol. The molecule has 3 saturated heterocycles. The van der Waals surface area contributed by atoms with Crippen molar-refractivity contribution in [2.75, 3.05) is 69.2 Å². The minimum absolute atomic E-state index is 0.0323. The Hall–Kier alpha value is -5.52.